The lowest BCUT2D eigenvalue weighted by molar-refractivity contribution is -0.131. The van der Waals surface area contributed by atoms with E-state index in [1.165, 1.54) is 0 Å². The molecule has 5 heteroatoms. The molecule has 5 nitrogen and oxygen atoms in total. The van der Waals surface area contributed by atoms with Crippen LogP contribution in [0.15, 0.2) is 30.3 Å². The molecule has 1 heterocycles. The molecule has 0 unspecified atom stereocenters. The third-order valence-corrected chi connectivity index (χ3v) is 3.68. The van der Waals surface area contributed by atoms with E-state index in [0.717, 1.165) is 18.4 Å². The minimum Gasteiger partial charge on any atom is -0.445 e. The maximum absolute atomic E-state index is 11.7. The van der Waals surface area contributed by atoms with Crippen LogP contribution in [0.2, 0.25) is 0 Å². The van der Waals surface area contributed by atoms with E-state index in [4.69, 9.17) is 4.74 Å². The molecule has 1 aliphatic heterocycles. The number of nitrogens with one attached hydrogen (secondary N) is 1. The Morgan fingerprint density at radius 1 is 1.24 bits per heavy atom. The molecule has 0 aliphatic carbocycles. The van der Waals surface area contributed by atoms with E-state index in [2.05, 4.69) is 5.32 Å². The zero-order valence-corrected chi connectivity index (χ0v) is 12.4. The molecule has 21 heavy (non-hydrogen) atoms. The first kappa shape index (κ1) is 15.4. The zero-order valence-electron chi connectivity index (χ0n) is 12.4. The number of hydrogen-bond acceptors (Lipinski definition) is 3. The first-order valence-electron chi connectivity index (χ1n) is 7.44. The van der Waals surface area contributed by atoms with Crippen LogP contribution in [0.25, 0.3) is 0 Å². The molecule has 1 fully saturated rings. The van der Waals surface area contributed by atoms with Crippen molar-refractivity contribution in [3.8, 4) is 0 Å². The number of benzene rings is 1. The highest BCUT2D eigenvalue weighted by atomic mass is 16.5. The molecule has 0 saturated carbocycles. The van der Waals surface area contributed by atoms with Crippen molar-refractivity contribution in [3.63, 3.8) is 0 Å². The van der Waals surface area contributed by atoms with Gasteiger partial charge in [0.15, 0.2) is 0 Å². The van der Waals surface area contributed by atoms with Crippen LogP contribution in [0.1, 0.15) is 31.7 Å². The Morgan fingerprint density at radius 3 is 2.52 bits per heavy atom. The molecule has 1 N–H and O–H groups in total. The van der Waals surface area contributed by atoms with Gasteiger partial charge >= 0.3 is 6.09 Å². The van der Waals surface area contributed by atoms with Gasteiger partial charge in [-0.15, -0.1) is 0 Å². The molecule has 114 valence electrons. The minimum atomic E-state index is -0.390. The monoisotopic (exact) mass is 290 g/mol. The lowest BCUT2D eigenvalue weighted by Gasteiger charge is -2.32. The third kappa shape index (κ3) is 4.77. The van der Waals surface area contributed by atoms with E-state index in [9.17, 15) is 9.59 Å². The van der Waals surface area contributed by atoms with Crippen LogP contribution in [-0.2, 0) is 16.1 Å². The van der Waals surface area contributed by atoms with Crippen molar-refractivity contribution in [2.24, 2.45) is 0 Å². The Balaban J connectivity index is 1.68. The van der Waals surface area contributed by atoms with Crippen molar-refractivity contribution in [2.75, 3.05) is 13.1 Å². The molecular weight excluding hydrogens is 268 g/mol. The predicted octanol–water partition coefficient (Wildman–Crippen LogP) is 2.31. The summed E-state index contributed by atoms with van der Waals surface area (Å²) in [6.45, 7) is 3.56. The minimum absolute atomic E-state index is 0.0918. The first-order valence-corrected chi connectivity index (χ1v) is 7.44. The maximum atomic E-state index is 11.7. The van der Waals surface area contributed by atoms with Crippen molar-refractivity contribution < 1.29 is 14.3 Å². The summed E-state index contributed by atoms with van der Waals surface area (Å²) in [4.78, 5) is 25.2. The van der Waals surface area contributed by atoms with Gasteiger partial charge < -0.3 is 15.0 Å². The van der Waals surface area contributed by atoms with Crippen LogP contribution < -0.4 is 5.32 Å². The van der Waals surface area contributed by atoms with Crippen LogP contribution in [0.5, 0.6) is 0 Å². The molecule has 1 aromatic rings. The molecular formula is C16H22N2O3. The van der Waals surface area contributed by atoms with E-state index in [1.807, 2.05) is 42.2 Å². The molecule has 0 aromatic heterocycles. The van der Waals surface area contributed by atoms with Gasteiger partial charge in [-0.25, -0.2) is 4.79 Å². The van der Waals surface area contributed by atoms with Crippen molar-refractivity contribution >= 4 is 12.0 Å². The highest BCUT2D eigenvalue weighted by Crippen LogP contribution is 2.11. The number of rotatable bonds is 4. The highest BCUT2D eigenvalue weighted by molar-refractivity contribution is 5.76. The van der Waals surface area contributed by atoms with Crippen molar-refractivity contribution in [1.82, 2.24) is 10.2 Å². The summed E-state index contributed by atoms with van der Waals surface area (Å²) >= 11 is 0. The summed E-state index contributed by atoms with van der Waals surface area (Å²) in [6.07, 6.45) is 1.72. The molecule has 0 bridgehead atoms. The first-order chi connectivity index (χ1) is 10.2. The average molecular weight is 290 g/mol. The Kier molecular flexibility index (Phi) is 5.60. The van der Waals surface area contributed by atoms with E-state index in [0.29, 0.717) is 19.5 Å². The normalized spacial score (nSPS) is 15.6. The largest absolute Gasteiger partial charge is 0.445 e. The number of hydrogen-bond donors (Lipinski definition) is 1. The van der Waals surface area contributed by atoms with Crippen LogP contribution in [-0.4, -0.2) is 36.0 Å². The highest BCUT2D eigenvalue weighted by Gasteiger charge is 2.23. The molecule has 1 saturated heterocycles. The number of amides is 2. The summed E-state index contributed by atoms with van der Waals surface area (Å²) in [6, 6.07) is 9.68. The molecule has 0 atom stereocenters. The van der Waals surface area contributed by atoms with Crippen LogP contribution in [0.3, 0.4) is 0 Å². The fraction of sp³-hybridized carbons (Fsp3) is 0.500. The number of ether oxygens (including phenoxy) is 1. The second kappa shape index (κ2) is 7.67. The van der Waals surface area contributed by atoms with E-state index in [1.54, 1.807) is 0 Å². The van der Waals surface area contributed by atoms with E-state index >= 15 is 0 Å². The second-order valence-electron chi connectivity index (χ2n) is 5.21. The standard InChI is InChI=1S/C16H22N2O3/c1-2-15(19)18-10-8-14(9-11-18)17-16(20)21-12-13-6-4-3-5-7-13/h3-7,14H,2,8-12H2,1H3,(H,17,20). The lowest BCUT2D eigenvalue weighted by atomic mass is 10.1. The molecule has 2 amide bonds. The fourth-order valence-electron chi connectivity index (χ4n) is 2.43. The average Bonchev–Trinajstić information content (AvgIpc) is 2.54. The molecule has 1 aliphatic rings. The Labute approximate surface area is 125 Å². The number of nitrogens with zero attached hydrogens (tertiary/aromatic N) is 1. The van der Waals surface area contributed by atoms with Gasteiger partial charge in [0.1, 0.15) is 6.61 Å². The van der Waals surface area contributed by atoms with Crippen molar-refractivity contribution in [1.29, 1.82) is 0 Å². The molecule has 0 spiro atoms. The second-order valence-corrected chi connectivity index (χ2v) is 5.21. The van der Waals surface area contributed by atoms with Gasteiger partial charge in [-0.1, -0.05) is 37.3 Å². The van der Waals surface area contributed by atoms with Crippen LogP contribution >= 0.6 is 0 Å². The summed E-state index contributed by atoms with van der Waals surface area (Å²) < 4.78 is 5.20. The maximum Gasteiger partial charge on any atom is 0.407 e. The number of piperidine rings is 1. The Morgan fingerprint density at radius 2 is 1.90 bits per heavy atom. The van der Waals surface area contributed by atoms with Crippen molar-refractivity contribution in [3.05, 3.63) is 35.9 Å². The quantitative estimate of drug-likeness (QED) is 0.925. The van der Waals surface area contributed by atoms with E-state index in [-0.39, 0.29) is 24.6 Å². The molecule has 1 aromatic carbocycles. The summed E-state index contributed by atoms with van der Waals surface area (Å²) in [5.41, 5.74) is 0.969. The number of likely N-dealkylation sites (tertiary alicyclic amines) is 1. The van der Waals surface area contributed by atoms with Gasteiger partial charge in [0, 0.05) is 25.6 Å². The summed E-state index contributed by atoms with van der Waals surface area (Å²) in [5, 5.41) is 2.87. The molecule has 2 rings (SSSR count). The predicted molar refractivity (Wildman–Crippen MR) is 79.7 cm³/mol. The third-order valence-electron chi connectivity index (χ3n) is 3.68. The summed E-state index contributed by atoms with van der Waals surface area (Å²) in [7, 11) is 0. The number of alkyl carbamates (subject to hydrolysis) is 1. The van der Waals surface area contributed by atoms with Gasteiger partial charge in [0.25, 0.3) is 0 Å². The van der Waals surface area contributed by atoms with Gasteiger partial charge in [0.05, 0.1) is 0 Å². The Bertz CT molecular complexity index is 468. The van der Waals surface area contributed by atoms with Gasteiger partial charge in [0.2, 0.25) is 5.91 Å². The topological polar surface area (TPSA) is 58.6 Å². The van der Waals surface area contributed by atoms with Crippen LogP contribution in [0.4, 0.5) is 4.79 Å². The van der Waals surface area contributed by atoms with E-state index < -0.39 is 0 Å². The fourth-order valence-corrected chi connectivity index (χ4v) is 2.43. The Hall–Kier alpha value is -2.04. The smallest absolute Gasteiger partial charge is 0.407 e. The number of carbonyl (C=O) groups excluding carboxylic acids is 2. The van der Waals surface area contributed by atoms with Gasteiger partial charge in [-0.3, -0.25) is 4.79 Å². The van der Waals surface area contributed by atoms with Gasteiger partial charge in [-0.2, -0.15) is 0 Å². The molecule has 0 radical (unpaired) electrons. The zero-order chi connectivity index (χ0) is 15.1. The van der Waals surface area contributed by atoms with Gasteiger partial charge in [-0.05, 0) is 18.4 Å². The summed E-state index contributed by atoms with van der Waals surface area (Å²) in [5.74, 6) is 0.181. The lowest BCUT2D eigenvalue weighted by Crippen LogP contribution is -2.46. The SMILES string of the molecule is CCC(=O)N1CCC(NC(=O)OCc2ccccc2)CC1. The van der Waals surface area contributed by atoms with Crippen molar-refractivity contribution in [2.45, 2.75) is 38.8 Å². The number of carbonyl (C=O) groups is 2. The van der Waals surface area contributed by atoms with Crippen LogP contribution in [0, 0.1) is 0 Å².